The summed E-state index contributed by atoms with van der Waals surface area (Å²) >= 11 is 6.95. The average molecular weight is 424 g/mol. The molecule has 0 radical (unpaired) electrons. The summed E-state index contributed by atoms with van der Waals surface area (Å²) in [4.78, 5) is 26.1. The lowest BCUT2D eigenvalue weighted by molar-refractivity contribution is -0.124. The van der Waals surface area contributed by atoms with Gasteiger partial charge in [0, 0.05) is 11.6 Å². The van der Waals surface area contributed by atoms with E-state index >= 15 is 0 Å². The Labute approximate surface area is 165 Å². The second-order valence-corrected chi connectivity index (χ2v) is 9.92. The summed E-state index contributed by atoms with van der Waals surface area (Å²) in [5.41, 5.74) is 0.725. The number of hydrogen-bond acceptors (Lipinski definition) is 6. The number of nitrogens with zero attached hydrogens (tertiary/aromatic N) is 1. The van der Waals surface area contributed by atoms with Gasteiger partial charge >= 0.3 is 0 Å². The quantitative estimate of drug-likeness (QED) is 0.697. The third-order valence-electron chi connectivity index (χ3n) is 4.44. The van der Waals surface area contributed by atoms with Crippen LogP contribution >= 0.6 is 23.4 Å². The molecule has 9 heteroatoms. The van der Waals surface area contributed by atoms with Crippen LogP contribution in [0.1, 0.15) is 12.2 Å². The zero-order valence-corrected chi connectivity index (χ0v) is 16.3. The standard InChI is InChI=1S/C18H14ClNO5S2/c19-14-4-2-1-3-13(14)15-6-5-12(25-15)9-16-17(21)20(18(22)26-16)11-7-8-27(23,24)10-11/h1-6,9,11H,7-8,10H2. The zero-order chi connectivity index (χ0) is 19.2. The number of imide groups is 1. The van der Waals surface area contributed by atoms with Crippen LogP contribution in [0, 0.1) is 0 Å². The number of carbonyl (C=O) groups excluding carboxylic acids is 2. The maximum atomic E-state index is 12.6. The van der Waals surface area contributed by atoms with E-state index in [1.54, 1.807) is 18.2 Å². The number of thioether (sulfide) groups is 1. The fourth-order valence-electron chi connectivity index (χ4n) is 3.14. The van der Waals surface area contributed by atoms with E-state index in [0.29, 0.717) is 16.5 Å². The first-order valence-corrected chi connectivity index (χ1v) is 11.2. The van der Waals surface area contributed by atoms with E-state index < -0.39 is 27.0 Å². The second kappa shape index (κ2) is 6.85. The van der Waals surface area contributed by atoms with Crippen molar-refractivity contribution in [1.82, 2.24) is 4.90 Å². The maximum absolute atomic E-state index is 12.6. The molecular formula is C18H14ClNO5S2. The van der Waals surface area contributed by atoms with Crippen LogP contribution in [0.2, 0.25) is 5.02 Å². The Hall–Kier alpha value is -2.03. The van der Waals surface area contributed by atoms with Gasteiger partial charge in [-0.05, 0) is 42.4 Å². The van der Waals surface area contributed by atoms with E-state index in [1.165, 1.54) is 6.08 Å². The van der Waals surface area contributed by atoms with Crippen LogP contribution in [-0.2, 0) is 14.6 Å². The van der Waals surface area contributed by atoms with Crippen molar-refractivity contribution in [2.75, 3.05) is 11.5 Å². The van der Waals surface area contributed by atoms with E-state index in [2.05, 4.69) is 0 Å². The predicted molar refractivity (Wildman–Crippen MR) is 104 cm³/mol. The first-order chi connectivity index (χ1) is 12.8. The third kappa shape index (κ3) is 3.56. The van der Waals surface area contributed by atoms with Crippen molar-refractivity contribution >= 4 is 50.4 Å². The summed E-state index contributed by atoms with van der Waals surface area (Å²) in [6, 6.07) is 10.1. The molecule has 0 saturated carbocycles. The smallest absolute Gasteiger partial charge is 0.293 e. The fourth-order valence-corrected chi connectivity index (χ4v) is 5.95. The van der Waals surface area contributed by atoms with Gasteiger partial charge in [0.1, 0.15) is 11.5 Å². The van der Waals surface area contributed by atoms with E-state index in [4.69, 9.17) is 16.0 Å². The molecule has 0 N–H and O–H groups in total. The largest absolute Gasteiger partial charge is 0.457 e. The zero-order valence-electron chi connectivity index (χ0n) is 13.9. The summed E-state index contributed by atoms with van der Waals surface area (Å²) in [5, 5.41) is 0.0902. The van der Waals surface area contributed by atoms with Crippen molar-refractivity contribution in [3.63, 3.8) is 0 Å². The Morgan fingerprint density at radius 2 is 1.96 bits per heavy atom. The number of benzene rings is 1. The summed E-state index contributed by atoms with van der Waals surface area (Å²) in [6.07, 6.45) is 1.78. The number of furan rings is 1. The van der Waals surface area contributed by atoms with Crippen LogP contribution in [0.3, 0.4) is 0 Å². The highest BCUT2D eigenvalue weighted by Gasteiger charge is 2.44. The monoisotopic (exact) mass is 423 g/mol. The molecule has 27 heavy (non-hydrogen) atoms. The molecule has 6 nitrogen and oxygen atoms in total. The SMILES string of the molecule is O=C1SC(=Cc2ccc(-c3ccccc3Cl)o2)C(=O)N1C1CCS(=O)(=O)C1. The molecule has 1 unspecified atom stereocenters. The third-order valence-corrected chi connectivity index (χ3v) is 7.40. The highest BCUT2D eigenvalue weighted by Crippen LogP contribution is 2.37. The molecule has 1 atom stereocenters. The molecule has 140 valence electrons. The van der Waals surface area contributed by atoms with E-state index in [-0.39, 0.29) is 22.8 Å². The highest BCUT2D eigenvalue weighted by atomic mass is 35.5. The van der Waals surface area contributed by atoms with Gasteiger partial charge in [0.25, 0.3) is 11.1 Å². The first-order valence-electron chi connectivity index (χ1n) is 8.16. The molecule has 2 fully saturated rings. The Morgan fingerprint density at radius 3 is 2.67 bits per heavy atom. The van der Waals surface area contributed by atoms with Crippen molar-refractivity contribution in [1.29, 1.82) is 0 Å². The number of sulfone groups is 1. The minimum Gasteiger partial charge on any atom is -0.457 e. The van der Waals surface area contributed by atoms with E-state index in [1.807, 2.05) is 18.2 Å². The molecule has 2 aromatic rings. The van der Waals surface area contributed by atoms with Crippen molar-refractivity contribution in [3.8, 4) is 11.3 Å². The number of hydrogen-bond donors (Lipinski definition) is 0. The van der Waals surface area contributed by atoms with Gasteiger partial charge in [0.2, 0.25) is 0 Å². The molecule has 2 saturated heterocycles. The van der Waals surface area contributed by atoms with Gasteiger partial charge in [0.05, 0.1) is 27.5 Å². The average Bonchev–Trinajstić information content (AvgIpc) is 3.27. The molecule has 3 heterocycles. The van der Waals surface area contributed by atoms with Crippen LogP contribution in [0.4, 0.5) is 4.79 Å². The Morgan fingerprint density at radius 1 is 1.19 bits per heavy atom. The van der Waals surface area contributed by atoms with E-state index in [0.717, 1.165) is 22.2 Å². The van der Waals surface area contributed by atoms with Gasteiger partial charge in [-0.1, -0.05) is 23.7 Å². The maximum Gasteiger partial charge on any atom is 0.293 e. The Bertz CT molecular complexity index is 1070. The van der Waals surface area contributed by atoms with Crippen LogP contribution in [0.5, 0.6) is 0 Å². The summed E-state index contributed by atoms with van der Waals surface area (Å²) < 4.78 is 29.0. The lowest BCUT2D eigenvalue weighted by Crippen LogP contribution is -2.39. The number of halogens is 1. The molecule has 4 rings (SSSR count). The number of carbonyl (C=O) groups is 2. The molecule has 0 aliphatic carbocycles. The second-order valence-electron chi connectivity index (χ2n) is 6.29. The summed E-state index contributed by atoms with van der Waals surface area (Å²) in [6.45, 7) is 0. The van der Waals surface area contributed by atoms with Crippen LogP contribution < -0.4 is 0 Å². The minimum absolute atomic E-state index is 0.00216. The Balaban J connectivity index is 1.58. The topological polar surface area (TPSA) is 84.7 Å². The van der Waals surface area contributed by atoms with Gasteiger partial charge in [-0.15, -0.1) is 0 Å². The molecular weight excluding hydrogens is 410 g/mol. The normalized spacial score (nSPS) is 23.5. The first kappa shape index (κ1) is 18.3. The lowest BCUT2D eigenvalue weighted by Gasteiger charge is -2.18. The van der Waals surface area contributed by atoms with Gasteiger partial charge in [-0.25, -0.2) is 8.42 Å². The highest BCUT2D eigenvalue weighted by molar-refractivity contribution is 8.18. The fraction of sp³-hybridized carbons (Fsp3) is 0.222. The number of rotatable bonds is 3. The molecule has 2 aliphatic heterocycles. The van der Waals surface area contributed by atoms with Gasteiger partial charge in [0.15, 0.2) is 9.84 Å². The van der Waals surface area contributed by atoms with Crippen LogP contribution in [0.25, 0.3) is 17.4 Å². The molecule has 1 aromatic carbocycles. The van der Waals surface area contributed by atoms with Crippen molar-refractivity contribution in [2.24, 2.45) is 0 Å². The molecule has 0 bridgehead atoms. The van der Waals surface area contributed by atoms with Gasteiger partial charge in [-0.2, -0.15) is 0 Å². The Kier molecular flexibility index (Phi) is 4.65. The van der Waals surface area contributed by atoms with E-state index in [9.17, 15) is 18.0 Å². The van der Waals surface area contributed by atoms with Crippen LogP contribution in [0.15, 0.2) is 45.7 Å². The van der Waals surface area contributed by atoms with Gasteiger partial charge < -0.3 is 4.42 Å². The molecule has 2 aliphatic rings. The van der Waals surface area contributed by atoms with Crippen molar-refractivity contribution < 1.29 is 22.4 Å². The number of amides is 2. The molecule has 0 spiro atoms. The minimum atomic E-state index is -3.19. The van der Waals surface area contributed by atoms with Crippen LogP contribution in [-0.4, -0.2) is 42.0 Å². The van der Waals surface area contributed by atoms with Crippen molar-refractivity contribution in [2.45, 2.75) is 12.5 Å². The van der Waals surface area contributed by atoms with Gasteiger partial charge in [-0.3, -0.25) is 14.5 Å². The molecule has 2 amide bonds. The summed E-state index contributed by atoms with van der Waals surface area (Å²) in [7, 11) is -3.19. The van der Waals surface area contributed by atoms with Crippen molar-refractivity contribution in [3.05, 3.63) is 52.1 Å². The summed E-state index contributed by atoms with van der Waals surface area (Å²) in [5.74, 6) is 0.304. The molecule has 1 aromatic heterocycles. The predicted octanol–water partition coefficient (Wildman–Crippen LogP) is 3.82. The lowest BCUT2D eigenvalue weighted by atomic mass is 10.2.